The van der Waals surface area contributed by atoms with Crippen LogP contribution >= 0.6 is 0 Å². The molecule has 0 radical (unpaired) electrons. The average molecular weight is 369 g/mol. The highest BCUT2D eigenvalue weighted by Crippen LogP contribution is 2.23. The zero-order valence-electron chi connectivity index (χ0n) is 12.4. The summed E-state index contributed by atoms with van der Waals surface area (Å²) in [5.74, 6) is 0.442. The molecule has 3 rings (SSSR count). The van der Waals surface area contributed by atoms with Crippen molar-refractivity contribution in [3.05, 3.63) is 42.7 Å². The van der Waals surface area contributed by atoms with E-state index in [1.807, 2.05) is 0 Å². The van der Waals surface area contributed by atoms with E-state index in [1.165, 1.54) is 28.6 Å². The van der Waals surface area contributed by atoms with Gasteiger partial charge in [0.1, 0.15) is 0 Å². The lowest BCUT2D eigenvalue weighted by molar-refractivity contribution is 0.280. The van der Waals surface area contributed by atoms with E-state index in [2.05, 4.69) is 15.3 Å². The topological polar surface area (TPSA) is 135 Å². The lowest BCUT2D eigenvalue weighted by Crippen LogP contribution is -2.56. The highest BCUT2D eigenvalue weighted by molar-refractivity contribution is 7.89. The number of nitrogens with zero attached hydrogens (tertiary/aromatic N) is 3. The van der Waals surface area contributed by atoms with E-state index in [4.69, 9.17) is 5.14 Å². The van der Waals surface area contributed by atoms with E-state index < -0.39 is 20.0 Å². The first-order valence-electron chi connectivity index (χ1n) is 6.93. The second-order valence-electron chi connectivity index (χ2n) is 5.25. The summed E-state index contributed by atoms with van der Waals surface area (Å²) >= 11 is 0. The SMILES string of the molecule is NS(=O)(=O)c1ccc(S(=O)(=O)N2CC(Nc3ncccn3)C2)cc1. The Morgan fingerprint density at radius 1 is 1.00 bits per heavy atom. The van der Waals surface area contributed by atoms with Crippen molar-refractivity contribution in [1.82, 2.24) is 14.3 Å². The number of nitrogens with one attached hydrogen (secondary N) is 1. The normalized spacial score (nSPS) is 16.5. The van der Waals surface area contributed by atoms with Gasteiger partial charge in [0, 0.05) is 25.5 Å². The van der Waals surface area contributed by atoms with Crippen LogP contribution in [0.4, 0.5) is 5.95 Å². The molecule has 0 bridgehead atoms. The molecular weight excluding hydrogens is 354 g/mol. The molecule has 0 aliphatic carbocycles. The number of primary sulfonamides is 1. The van der Waals surface area contributed by atoms with Crippen LogP contribution in [-0.2, 0) is 20.0 Å². The van der Waals surface area contributed by atoms with Crippen LogP contribution in [-0.4, -0.2) is 50.2 Å². The van der Waals surface area contributed by atoms with Crippen LogP contribution in [0.15, 0.2) is 52.5 Å². The zero-order valence-corrected chi connectivity index (χ0v) is 14.0. The van der Waals surface area contributed by atoms with Gasteiger partial charge in [-0.3, -0.25) is 0 Å². The van der Waals surface area contributed by atoms with Gasteiger partial charge >= 0.3 is 0 Å². The number of hydrogen-bond acceptors (Lipinski definition) is 7. The van der Waals surface area contributed by atoms with E-state index in [0.29, 0.717) is 5.95 Å². The number of rotatable bonds is 5. The first-order chi connectivity index (χ1) is 11.3. The van der Waals surface area contributed by atoms with Gasteiger partial charge in [-0.1, -0.05) is 0 Å². The predicted octanol–water partition coefficient (Wildman–Crippen LogP) is -0.391. The molecule has 2 aromatic rings. The summed E-state index contributed by atoms with van der Waals surface area (Å²) in [7, 11) is -7.53. The van der Waals surface area contributed by atoms with Gasteiger partial charge in [-0.05, 0) is 30.3 Å². The maximum absolute atomic E-state index is 12.5. The Bertz CT molecular complexity index is 924. The third kappa shape index (κ3) is 3.38. The van der Waals surface area contributed by atoms with E-state index in [-0.39, 0.29) is 28.9 Å². The fourth-order valence-electron chi connectivity index (χ4n) is 2.23. The van der Waals surface area contributed by atoms with E-state index in [1.54, 1.807) is 18.5 Å². The van der Waals surface area contributed by atoms with Crippen LogP contribution in [0, 0.1) is 0 Å². The Morgan fingerprint density at radius 2 is 1.54 bits per heavy atom. The summed E-state index contributed by atoms with van der Waals surface area (Å²) in [5, 5.41) is 8.03. The molecule has 1 aromatic heterocycles. The van der Waals surface area contributed by atoms with Crippen molar-refractivity contribution in [3.8, 4) is 0 Å². The molecule has 128 valence electrons. The minimum atomic E-state index is -3.85. The van der Waals surface area contributed by atoms with Crippen LogP contribution in [0.3, 0.4) is 0 Å². The molecule has 1 aromatic carbocycles. The van der Waals surface area contributed by atoms with Crippen molar-refractivity contribution >= 4 is 26.0 Å². The maximum Gasteiger partial charge on any atom is 0.243 e. The fourth-order valence-corrected chi connectivity index (χ4v) is 4.28. The van der Waals surface area contributed by atoms with E-state index in [9.17, 15) is 16.8 Å². The van der Waals surface area contributed by atoms with Gasteiger partial charge in [-0.2, -0.15) is 4.31 Å². The number of anilines is 1. The van der Waals surface area contributed by atoms with Crippen molar-refractivity contribution in [2.75, 3.05) is 18.4 Å². The zero-order chi connectivity index (χ0) is 17.4. The maximum atomic E-state index is 12.5. The van der Waals surface area contributed by atoms with Crippen LogP contribution < -0.4 is 10.5 Å². The van der Waals surface area contributed by atoms with E-state index in [0.717, 1.165) is 0 Å². The summed E-state index contributed by atoms with van der Waals surface area (Å²) in [6, 6.07) is 6.43. The van der Waals surface area contributed by atoms with Gasteiger partial charge in [-0.15, -0.1) is 0 Å². The van der Waals surface area contributed by atoms with Gasteiger partial charge in [-0.25, -0.2) is 31.9 Å². The molecule has 0 saturated carbocycles. The molecule has 11 heteroatoms. The minimum Gasteiger partial charge on any atom is -0.349 e. The Labute approximate surface area is 139 Å². The number of nitrogens with two attached hydrogens (primary N) is 1. The Hall–Kier alpha value is -2.08. The highest BCUT2D eigenvalue weighted by Gasteiger charge is 2.37. The highest BCUT2D eigenvalue weighted by atomic mass is 32.2. The molecule has 1 saturated heterocycles. The summed E-state index contributed by atoms with van der Waals surface area (Å²) in [4.78, 5) is 7.92. The molecule has 2 heterocycles. The van der Waals surface area contributed by atoms with Crippen LogP contribution in [0.1, 0.15) is 0 Å². The lowest BCUT2D eigenvalue weighted by Gasteiger charge is -2.38. The molecule has 0 amide bonds. The lowest BCUT2D eigenvalue weighted by atomic mass is 10.2. The number of aromatic nitrogens is 2. The van der Waals surface area contributed by atoms with Crippen molar-refractivity contribution < 1.29 is 16.8 Å². The fraction of sp³-hybridized carbons (Fsp3) is 0.231. The Kier molecular flexibility index (Phi) is 4.25. The molecule has 0 atom stereocenters. The second-order valence-corrected chi connectivity index (χ2v) is 8.75. The number of hydrogen-bond donors (Lipinski definition) is 2. The quantitative estimate of drug-likeness (QED) is 0.732. The first kappa shape index (κ1) is 16.8. The molecule has 1 aliphatic rings. The van der Waals surface area contributed by atoms with Crippen molar-refractivity contribution in [2.24, 2.45) is 5.14 Å². The minimum absolute atomic E-state index is 0.0179. The van der Waals surface area contributed by atoms with Gasteiger partial charge in [0.2, 0.25) is 26.0 Å². The molecule has 24 heavy (non-hydrogen) atoms. The predicted molar refractivity (Wildman–Crippen MR) is 86.0 cm³/mol. The molecule has 1 aliphatic heterocycles. The molecular formula is C13H15N5O4S2. The monoisotopic (exact) mass is 369 g/mol. The largest absolute Gasteiger partial charge is 0.349 e. The summed E-state index contributed by atoms with van der Waals surface area (Å²) in [6.45, 7) is 0.551. The van der Waals surface area contributed by atoms with Gasteiger partial charge in [0.25, 0.3) is 0 Å². The Morgan fingerprint density at radius 3 is 2.08 bits per heavy atom. The van der Waals surface area contributed by atoms with Crippen LogP contribution in [0.25, 0.3) is 0 Å². The van der Waals surface area contributed by atoms with Crippen molar-refractivity contribution in [3.63, 3.8) is 0 Å². The summed E-state index contributed by atoms with van der Waals surface area (Å²) < 4.78 is 48.6. The van der Waals surface area contributed by atoms with Gasteiger partial charge in [0.15, 0.2) is 0 Å². The summed E-state index contributed by atoms with van der Waals surface area (Å²) in [6.07, 6.45) is 3.19. The van der Waals surface area contributed by atoms with Gasteiger partial charge in [0.05, 0.1) is 15.8 Å². The van der Waals surface area contributed by atoms with E-state index >= 15 is 0 Å². The van der Waals surface area contributed by atoms with Crippen LogP contribution in [0.5, 0.6) is 0 Å². The summed E-state index contributed by atoms with van der Waals surface area (Å²) in [5.41, 5.74) is 0. The molecule has 0 unspecified atom stereocenters. The molecule has 1 fully saturated rings. The number of benzene rings is 1. The number of sulfonamides is 2. The molecule has 3 N–H and O–H groups in total. The second kappa shape index (κ2) is 6.09. The third-order valence-corrected chi connectivity index (χ3v) is 6.31. The average Bonchev–Trinajstić information content (AvgIpc) is 2.50. The third-order valence-electron chi connectivity index (χ3n) is 3.54. The van der Waals surface area contributed by atoms with Crippen LogP contribution in [0.2, 0.25) is 0 Å². The van der Waals surface area contributed by atoms with Crippen molar-refractivity contribution in [2.45, 2.75) is 15.8 Å². The first-order valence-corrected chi connectivity index (χ1v) is 9.92. The molecule has 9 nitrogen and oxygen atoms in total. The smallest absolute Gasteiger partial charge is 0.243 e. The van der Waals surface area contributed by atoms with Crippen molar-refractivity contribution in [1.29, 1.82) is 0 Å². The van der Waals surface area contributed by atoms with Gasteiger partial charge < -0.3 is 5.32 Å². The standard InChI is InChI=1S/C13H15N5O4S2/c14-23(19,20)11-2-4-12(5-3-11)24(21,22)18-8-10(9-18)17-13-15-6-1-7-16-13/h1-7,10H,8-9H2,(H2,14,19,20)(H,15,16,17). The molecule has 0 spiro atoms. The Balaban J connectivity index is 1.67.